The van der Waals surface area contributed by atoms with Crippen molar-refractivity contribution in [3.63, 3.8) is 0 Å². The van der Waals surface area contributed by atoms with Crippen molar-refractivity contribution in [2.75, 3.05) is 0 Å². The fourth-order valence-electron chi connectivity index (χ4n) is 5.98. The van der Waals surface area contributed by atoms with Crippen molar-refractivity contribution in [1.82, 2.24) is 0 Å². The van der Waals surface area contributed by atoms with Crippen molar-refractivity contribution in [2.24, 2.45) is 11.8 Å². The van der Waals surface area contributed by atoms with Gasteiger partial charge in [-0.25, -0.2) is 13.2 Å². The molecule has 0 N–H and O–H groups in total. The van der Waals surface area contributed by atoms with Crippen LogP contribution in [0.25, 0.3) is 11.1 Å². The number of rotatable bonds is 7. The van der Waals surface area contributed by atoms with Gasteiger partial charge in [-0.05, 0) is 90.8 Å². The topological polar surface area (TPSA) is 23.8 Å². The summed E-state index contributed by atoms with van der Waals surface area (Å²) in [4.78, 5) is 0. The number of fused-ring (bicyclic) bond motifs is 3. The summed E-state index contributed by atoms with van der Waals surface area (Å²) in [6.07, 6.45) is 13.5. The number of unbranched alkanes of at least 4 members (excludes halogenated alkanes) is 4. The molecule has 0 spiro atoms. The van der Waals surface area contributed by atoms with Crippen LogP contribution < -0.4 is 0 Å². The van der Waals surface area contributed by atoms with Crippen molar-refractivity contribution in [3.05, 3.63) is 58.4 Å². The van der Waals surface area contributed by atoms with E-state index in [1.165, 1.54) is 57.4 Å². The molecule has 0 bridgehead atoms. The van der Waals surface area contributed by atoms with Gasteiger partial charge >= 0.3 is 0 Å². The van der Waals surface area contributed by atoms with Gasteiger partial charge < -0.3 is 0 Å². The smallest absolute Gasteiger partial charge is 0.144 e. The zero-order valence-corrected chi connectivity index (χ0v) is 18.9. The second kappa shape index (κ2) is 10.1. The summed E-state index contributed by atoms with van der Waals surface area (Å²) in [7, 11) is 0. The highest BCUT2D eigenvalue weighted by Crippen LogP contribution is 2.49. The molecule has 32 heavy (non-hydrogen) atoms. The number of benzene rings is 2. The zero-order valence-electron chi connectivity index (χ0n) is 18.9. The molecular formula is C28H32F3N. The van der Waals surface area contributed by atoms with E-state index in [0.717, 1.165) is 48.4 Å². The number of halogens is 3. The lowest BCUT2D eigenvalue weighted by molar-refractivity contribution is 0.198. The van der Waals surface area contributed by atoms with E-state index in [2.05, 4.69) is 6.92 Å². The Hall–Kier alpha value is -2.28. The molecule has 3 atom stereocenters. The third kappa shape index (κ3) is 4.72. The molecule has 1 nitrogen and oxygen atoms in total. The molecule has 1 saturated carbocycles. The van der Waals surface area contributed by atoms with Crippen LogP contribution in [-0.2, 0) is 6.42 Å². The number of hydrogen-bond donors (Lipinski definition) is 0. The molecule has 4 rings (SSSR count). The third-order valence-corrected chi connectivity index (χ3v) is 7.68. The normalized spacial score (nSPS) is 22.2. The van der Waals surface area contributed by atoms with E-state index >= 15 is 4.39 Å². The predicted octanol–water partition coefficient (Wildman–Crippen LogP) is 8.45. The Bertz CT molecular complexity index is 983. The molecule has 2 aromatic rings. The van der Waals surface area contributed by atoms with Crippen LogP contribution >= 0.6 is 0 Å². The molecular weight excluding hydrogens is 407 g/mol. The Labute approximate surface area is 189 Å². The van der Waals surface area contributed by atoms with Crippen LogP contribution in [0.4, 0.5) is 13.2 Å². The second-order valence-electron chi connectivity index (χ2n) is 9.74. The molecule has 170 valence electrons. The highest BCUT2D eigenvalue weighted by atomic mass is 19.1. The Kier molecular flexibility index (Phi) is 7.23. The average molecular weight is 440 g/mol. The van der Waals surface area contributed by atoms with Crippen molar-refractivity contribution < 1.29 is 13.2 Å². The molecule has 0 aromatic heterocycles. The number of hydrogen-bond acceptors (Lipinski definition) is 1. The minimum Gasteiger partial charge on any atom is -0.206 e. The van der Waals surface area contributed by atoms with Gasteiger partial charge in [0.15, 0.2) is 0 Å². The van der Waals surface area contributed by atoms with Gasteiger partial charge in [-0.15, -0.1) is 0 Å². The SMILES string of the molecule is CCCCCCCC1CCC2c3cc(F)c(-c4cc(F)c(C#N)c(F)c4)cc3CCC2C1. The van der Waals surface area contributed by atoms with E-state index in [1.54, 1.807) is 12.1 Å². The van der Waals surface area contributed by atoms with Gasteiger partial charge in [-0.2, -0.15) is 5.26 Å². The maximum Gasteiger partial charge on any atom is 0.144 e. The molecule has 0 amide bonds. The summed E-state index contributed by atoms with van der Waals surface area (Å²) >= 11 is 0. The van der Waals surface area contributed by atoms with Crippen LogP contribution in [0.15, 0.2) is 24.3 Å². The Morgan fingerprint density at radius 2 is 1.66 bits per heavy atom. The van der Waals surface area contributed by atoms with Gasteiger partial charge in [0.25, 0.3) is 0 Å². The predicted molar refractivity (Wildman–Crippen MR) is 122 cm³/mol. The third-order valence-electron chi connectivity index (χ3n) is 7.68. The van der Waals surface area contributed by atoms with Gasteiger partial charge in [0.2, 0.25) is 0 Å². The fraction of sp³-hybridized carbons (Fsp3) is 0.536. The standard InChI is InChI=1S/C28H32F3N/c1-2-3-4-5-6-7-18-8-11-22-19(12-18)9-10-20-13-24(28(31)16-23(20)22)21-14-26(29)25(17-32)27(30)15-21/h13-16,18-19,22H,2-12H2,1H3. The van der Waals surface area contributed by atoms with Gasteiger partial charge in [0, 0.05) is 5.56 Å². The Balaban J connectivity index is 1.49. The second-order valence-corrected chi connectivity index (χ2v) is 9.74. The van der Waals surface area contributed by atoms with Crippen LogP contribution in [-0.4, -0.2) is 0 Å². The maximum absolute atomic E-state index is 15.1. The van der Waals surface area contributed by atoms with Crippen LogP contribution in [0.5, 0.6) is 0 Å². The van der Waals surface area contributed by atoms with Crippen molar-refractivity contribution in [3.8, 4) is 17.2 Å². The van der Waals surface area contributed by atoms with E-state index in [4.69, 9.17) is 5.26 Å². The minimum absolute atomic E-state index is 0.146. The van der Waals surface area contributed by atoms with Gasteiger partial charge in [0.1, 0.15) is 29.1 Å². The number of nitriles is 1. The molecule has 2 aromatic carbocycles. The van der Waals surface area contributed by atoms with Gasteiger partial charge in [0.05, 0.1) is 0 Å². The first kappa shape index (κ1) is 22.9. The molecule has 0 saturated heterocycles. The van der Waals surface area contributed by atoms with Crippen LogP contribution in [0.2, 0.25) is 0 Å². The quantitative estimate of drug-likeness (QED) is 0.397. The fourth-order valence-corrected chi connectivity index (χ4v) is 5.98. The van der Waals surface area contributed by atoms with Crippen molar-refractivity contribution in [1.29, 1.82) is 5.26 Å². The van der Waals surface area contributed by atoms with Crippen LogP contribution in [0.3, 0.4) is 0 Å². The van der Waals surface area contributed by atoms with Crippen LogP contribution in [0, 0.1) is 40.6 Å². The van der Waals surface area contributed by atoms with Gasteiger partial charge in [-0.3, -0.25) is 0 Å². The molecule has 4 heteroatoms. The minimum atomic E-state index is -0.951. The maximum atomic E-state index is 15.1. The van der Waals surface area contributed by atoms with Gasteiger partial charge in [-0.1, -0.05) is 45.4 Å². The van der Waals surface area contributed by atoms with Crippen molar-refractivity contribution in [2.45, 2.75) is 83.5 Å². The highest BCUT2D eigenvalue weighted by Gasteiger charge is 2.35. The lowest BCUT2D eigenvalue weighted by Crippen LogP contribution is -2.28. The zero-order chi connectivity index (χ0) is 22.7. The lowest BCUT2D eigenvalue weighted by Gasteiger charge is -2.41. The molecule has 0 aliphatic heterocycles. The monoisotopic (exact) mass is 439 g/mol. The molecule has 0 heterocycles. The molecule has 1 fully saturated rings. The summed E-state index contributed by atoms with van der Waals surface area (Å²) in [5.74, 6) is -0.528. The summed E-state index contributed by atoms with van der Waals surface area (Å²) in [6.45, 7) is 2.24. The Morgan fingerprint density at radius 3 is 2.38 bits per heavy atom. The highest BCUT2D eigenvalue weighted by molar-refractivity contribution is 5.67. The van der Waals surface area contributed by atoms with E-state index < -0.39 is 23.0 Å². The van der Waals surface area contributed by atoms with Crippen LogP contribution in [0.1, 0.15) is 93.7 Å². The Morgan fingerprint density at radius 1 is 0.906 bits per heavy atom. The summed E-state index contributed by atoms with van der Waals surface area (Å²) in [6, 6.07) is 7.03. The summed E-state index contributed by atoms with van der Waals surface area (Å²) in [5, 5.41) is 8.88. The first-order valence-corrected chi connectivity index (χ1v) is 12.2. The van der Waals surface area contributed by atoms with E-state index in [1.807, 2.05) is 0 Å². The van der Waals surface area contributed by atoms with E-state index in [-0.39, 0.29) is 11.1 Å². The molecule has 2 aliphatic carbocycles. The lowest BCUT2D eigenvalue weighted by atomic mass is 9.64. The molecule has 2 aliphatic rings. The van der Waals surface area contributed by atoms with E-state index in [0.29, 0.717) is 11.8 Å². The molecule has 0 radical (unpaired) electrons. The summed E-state index contributed by atoms with van der Waals surface area (Å²) < 4.78 is 43.3. The first-order valence-electron chi connectivity index (χ1n) is 12.2. The average Bonchev–Trinajstić information content (AvgIpc) is 2.78. The largest absolute Gasteiger partial charge is 0.206 e. The first-order chi connectivity index (χ1) is 15.5. The summed E-state index contributed by atoms with van der Waals surface area (Å²) in [5.41, 5.74) is 1.93. The number of nitrogens with zero attached hydrogens (tertiary/aromatic N) is 1. The van der Waals surface area contributed by atoms with Crippen molar-refractivity contribution >= 4 is 0 Å². The number of aryl methyl sites for hydroxylation is 1. The molecule has 3 unspecified atom stereocenters. The van der Waals surface area contributed by atoms with E-state index in [9.17, 15) is 8.78 Å².